The largest absolute Gasteiger partial charge is 0.486 e. The number of thiazole rings is 2. The topological polar surface area (TPSA) is 73.3 Å². The summed E-state index contributed by atoms with van der Waals surface area (Å²) in [5.41, 5.74) is 0.941. The molecule has 3 aromatic rings. The third-order valence-corrected chi connectivity index (χ3v) is 5.16. The van der Waals surface area contributed by atoms with Crippen LogP contribution in [-0.4, -0.2) is 22.5 Å². The van der Waals surface area contributed by atoms with E-state index < -0.39 is 5.97 Å². The van der Waals surface area contributed by atoms with Gasteiger partial charge in [0.25, 0.3) is 0 Å². The van der Waals surface area contributed by atoms with Crippen LogP contribution in [0.15, 0.2) is 47.7 Å². The van der Waals surface area contributed by atoms with Crippen molar-refractivity contribution in [3.8, 4) is 5.75 Å². The van der Waals surface area contributed by atoms with Crippen LogP contribution >= 0.6 is 34.3 Å². The molecule has 3 rings (SSSR count). The van der Waals surface area contributed by atoms with Crippen LogP contribution in [0.4, 0.5) is 5.13 Å². The minimum Gasteiger partial charge on any atom is -0.486 e. The number of aromatic nitrogens is 2. The number of halogens is 1. The summed E-state index contributed by atoms with van der Waals surface area (Å²) in [4.78, 5) is 20.6. The molecule has 0 bridgehead atoms. The van der Waals surface area contributed by atoms with Crippen molar-refractivity contribution in [1.29, 1.82) is 0 Å². The summed E-state index contributed by atoms with van der Waals surface area (Å²) >= 11 is 8.63. The maximum Gasteiger partial charge on any atom is 0.358 e. The zero-order valence-corrected chi connectivity index (χ0v) is 16.6. The molecule has 0 aliphatic carbocycles. The molecule has 0 spiro atoms. The van der Waals surface area contributed by atoms with Crippen molar-refractivity contribution >= 4 is 45.4 Å². The summed E-state index contributed by atoms with van der Waals surface area (Å²) < 4.78 is 10.9. The summed E-state index contributed by atoms with van der Waals surface area (Å²) in [5.74, 6) is 0.233. The second-order valence-corrected chi connectivity index (χ2v) is 7.50. The summed E-state index contributed by atoms with van der Waals surface area (Å²) in [6.45, 7) is 4.63. The fourth-order valence-corrected chi connectivity index (χ4v) is 3.48. The summed E-state index contributed by atoms with van der Waals surface area (Å²) in [5, 5.41) is 8.62. The Labute approximate surface area is 169 Å². The Hall–Kier alpha value is -2.42. The molecule has 0 saturated carbocycles. The monoisotopic (exact) mass is 421 g/mol. The molecule has 27 heavy (non-hydrogen) atoms. The zero-order valence-electron chi connectivity index (χ0n) is 14.2. The fourth-order valence-electron chi connectivity index (χ4n) is 1.98. The molecule has 2 aromatic heterocycles. The van der Waals surface area contributed by atoms with Gasteiger partial charge in [0.05, 0.1) is 5.69 Å². The van der Waals surface area contributed by atoms with Crippen LogP contribution in [0.2, 0.25) is 5.02 Å². The lowest BCUT2D eigenvalue weighted by Crippen LogP contribution is -2.06. The van der Waals surface area contributed by atoms with Crippen LogP contribution in [0.3, 0.4) is 0 Å². The zero-order chi connectivity index (χ0) is 19.1. The molecule has 0 radical (unpaired) electrons. The normalized spacial score (nSPS) is 10.4. The number of carbonyl (C=O) groups excluding carboxylic acids is 1. The number of benzene rings is 1. The fraction of sp³-hybridized carbons (Fsp3) is 0.167. The van der Waals surface area contributed by atoms with Gasteiger partial charge in [-0.05, 0) is 24.3 Å². The van der Waals surface area contributed by atoms with Crippen molar-refractivity contribution < 1.29 is 14.3 Å². The van der Waals surface area contributed by atoms with Crippen LogP contribution in [0.5, 0.6) is 5.75 Å². The molecule has 0 aliphatic rings. The molecule has 0 saturated heterocycles. The Kier molecular flexibility index (Phi) is 6.80. The Balaban J connectivity index is 1.47. The Bertz CT molecular complexity index is 909. The molecule has 0 amide bonds. The van der Waals surface area contributed by atoms with E-state index in [1.54, 1.807) is 35.7 Å². The predicted molar refractivity (Wildman–Crippen MR) is 108 cm³/mol. The van der Waals surface area contributed by atoms with Gasteiger partial charge in [0.2, 0.25) is 0 Å². The van der Waals surface area contributed by atoms with E-state index >= 15 is 0 Å². The molecule has 0 atom stereocenters. The number of nitrogens with one attached hydrogen (secondary N) is 1. The number of ether oxygens (including phenoxy) is 2. The number of nitrogens with zero attached hydrogens (tertiary/aromatic N) is 2. The van der Waals surface area contributed by atoms with E-state index in [0.29, 0.717) is 34.7 Å². The summed E-state index contributed by atoms with van der Waals surface area (Å²) in [6.07, 6.45) is 1.72. The summed E-state index contributed by atoms with van der Waals surface area (Å²) in [6, 6.07) is 7.12. The molecular weight excluding hydrogens is 406 g/mol. The van der Waals surface area contributed by atoms with Gasteiger partial charge in [-0.3, -0.25) is 0 Å². The molecule has 2 heterocycles. The highest BCUT2D eigenvalue weighted by molar-refractivity contribution is 7.13. The van der Waals surface area contributed by atoms with E-state index in [1.807, 2.05) is 5.38 Å². The van der Waals surface area contributed by atoms with Crippen molar-refractivity contribution in [3.63, 3.8) is 0 Å². The van der Waals surface area contributed by atoms with Gasteiger partial charge in [-0.2, -0.15) is 0 Å². The Morgan fingerprint density at radius 3 is 2.78 bits per heavy atom. The van der Waals surface area contributed by atoms with Crippen molar-refractivity contribution in [1.82, 2.24) is 9.97 Å². The second-order valence-electron chi connectivity index (χ2n) is 5.26. The number of esters is 1. The minimum absolute atomic E-state index is 0.0865. The van der Waals surface area contributed by atoms with E-state index in [-0.39, 0.29) is 12.3 Å². The second kappa shape index (κ2) is 9.50. The number of hydrogen-bond acceptors (Lipinski definition) is 8. The van der Waals surface area contributed by atoms with Gasteiger partial charge in [-0.1, -0.05) is 17.7 Å². The van der Waals surface area contributed by atoms with Crippen LogP contribution in [0, 0.1) is 0 Å². The molecule has 140 valence electrons. The molecule has 1 N–H and O–H groups in total. The van der Waals surface area contributed by atoms with Gasteiger partial charge in [-0.25, -0.2) is 14.8 Å². The highest BCUT2D eigenvalue weighted by atomic mass is 35.5. The SMILES string of the molecule is C=CCNc1nc(C(=O)OCc2csc(COc3ccc(Cl)cc3)n2)cs1. The van der Waals surface area contributed by atoms with Gasteiger partial charge >= 0.3 is 5.97 Å². The van der Waals surface area contributed by atoms with E-state index in [2.05, 4.69) is 21.9 Å². The lowest BCUT2D eigenvalue weighted by Gasteiger charge is -2.03. The first kappa shape index (κ1) is 19.3. The number of carbonyl (C=O) groups is 1. The maximum atomic E-state index is 12.1. The van der Waals surface area contributed by atoms with Gasteiger partial charge in [0.15, 0.2) is 10.8 Å². The van der Waals surface area contributed by atoms with Crippen molar-refractivity contribution in [3.05, 3.63) is 69.1 Å². The van der Waals surface area contributed by atoms with Gasteiger partial charge in [0, 0.05) is 22.3 Å². The standard InChI is InChI=1S/C18H16ClN3O3S2/c1-2-7-20-18-22-15(11-27-18)17(23)25-8-13-10-26-16(21-13)9-24-14-5-3-12(19)4-6-14/h2-6,10-11H,1,7-9H2,(H,20,22). The number of rotatable bonds is 9. The van der Waals surface area contributed by atoms with E-state index in [1.165, 1.54) is 22.7 Å². The van der Waals surface area contributed by atoms with Crippen LogP contribution in [-0.2, 0) is 18.0 Å². The van der Waals surface area contributed by atoms with Crippen molar-refractivity contribution in [2.75, 3.05) is 11.9 Å². The lowest BCUT2D eigenvalue weighted by molar-refractivity contribution is 0.0462. The van der Waals surface area contributed by atoms with E-state index in [0.717, 1.165) is 5.01 Å². The smallest absolute Gasteiger partial charge is 0.358 e. The van der Waals surface area contributed by atoms with Crippen LogP contribution in [0.25, 0.3) is 0 Å². The number of anilines is 1. The average molecular weight is 422 g/mol. The molecule has 0 unspecified atom stereocenters. The highest BCUT2D eigenvalue weighted by Crippen LogP contribution is 2.19. The highest BCUT2D eigenvalue weighted by Gasteiger charge is 2.13. The van der Waals surface area contributed by atoms with Gasteiger partial charge in [0.1, 0.15) is 24.0 Å². The lowest BCUT2D eigenvalue weighted by atomic mass is 10.3. The van der Waals surface area contributed by atoms with Gasteiger partial charge < -0.3 is 14.8 Å². The molecular formula is C18H16ClN3O3S2. The third-order valence-electron chi connectivity index (χ3n) is 3.24. The van der Waals surface area contributed by atoms with Crippen molar-refractivity contribution in [2.45, 2.75) is 13.2 Å². The van der Waals surface area contributed by atoms with Crippen LogP contribution < -0.4 is 10.1 Å². The molecule has 0 fully saturated rings. The average Bonchev–Trinajstić information content (AvgIpc) is 3.33. The van der Waals surface area contributed by atoms with Crippen molar-refractivity contribution in [2.24, 2.45) is 0 Å². The van der Waals surface area contributed by atoms with E-state index in [4.69, 9.17) is 21.1 Å². The third kappa shape index (κ3) is 5.78. The van der Waals surface area contributed by atoms with Gasteiger partial charge in [-0.15, -0.1) is 29.3 Å². The quantitative estimate of drug-likeness (QED) is 0.395. The molecule has 1 aromatic carbocycles. The minimum atomic E-state index is -0.482. The first-order valence-electron chi connectivity index (χ1n) is 7.93. The molecule has 6 nitrogen and oxygen atoms in total. The summed E-state index contributed by atoms with van der Waals surface area (Å²) in [7, 11) is 0. The maximum absolute atomic E-state index is 12.1. The van der Waals surface area contributed by atoms with Crippen LogP contribution in [0.1, 0.15) is 21.2 Å². The predicted octanol–water partition coefficient (Wildman–Crippen LogP) is 4.79. The first-order valence-corrected chi connectivity index (χ1v) is 10.1. The van der Waals surface area contributed by atoms with E-state index in [9.17, 15) is 4.79 Å². The first-order chi connectivity index (χ1) is 13.1. The molecule has 9 heteroatoms. The Morgan fingerprint density at radius 2 is 2.00 bits per heavy atom. The number of hydrogen-bond donors (Lipinski definition) is 1. The molecule has 0 aliphatic heterocycles. The Morgan fingerprint density at radius 1 is 1.19 bits per heavy atom.